The van der Waals surface area contributed by atoms with Crippen molar-refractivity contribution in [2.45, 2.75) is 16.0 Å². The van der Waals surface area contributed by atoms with Crippen LogP contribution >= 0.6 is 11.8 Å². The average molecular weight is 489 g/mol. The summed E-state index contributed by atoms with van der Waals surface area (Å²) >= 11 is 0.768. The minimum absolute atomic E-state index is 0.0540. The molecule has 8 nitrogen and oxygen atoms in total. The number of amides is 1. The second-order valence-electron chi connectivity index (χ2n) is 6.82. The standard InChI is InChI=1S/C19H18F3N3O5S2/c20-19(21,22)14-6-7-17(16(12-14)25(27)28)31-13-18(26)23-8-10-24(11-9-23)32(29,30)15-4-2-1-3-5-15/h1-7,12H,8-11,13H2. The lowest BCUT2D eigenvalue weighted by molar-refractivity contribution is -0.388. The van der Waals surface area contributed by atoms with Crippen LogP contribution in [-0.2, 0) is 21.0 Å². The van der Waals surface area contributed by atoms with Gasteiger partial charge in [-0.2, -0.15) is 17.5 Å². The lowest BCUT2D eigenvalue weighted by Gasteiger charge is -2.34. The van der Waals surface area contributed by atoms with Crippen LogP contribution in [0, 0.1) is 10.1 Å². The second kappa shape index (κ2) is 9.46. The fraction of sp³-hybridized carbons (Fsp3) is 0.316. The van der Waals surface area contributed by atoms with Crippen LogP contribution in [0.3, 0.4) is 0 Å². The Morgan fingerprint density at radius 2 is 1.69 bits per heavy atom. The highest BCUT2D eigenvalue weighted by molar-refractivity contribution is 8.00. The van der Waals surface area contributed by atoms with Crippen molar-refractivity contribution < 1.29 is 31.3 Å². The Hall–Kier alpha value is -2.64. The molecule has 0 saturated carbocycles. The zero-order valence-corrected chi connectivity index (χ0v) is 18.1. The van der Waals surface area contributed by atoms with E-state index in [0.29, 0.717) is 6.07 Å². The summed E-state index contributed by atoms with van der Waals surface area (Å²) in [5, 5.41) is 11.2. The predicted octanol–water partition coefficient (Wildman–Crippen LogP) is 3.24. The molecule has 0 radical (unpaired) electrons. The van der Waals surface area contributed by atoms with E-state index in [0.717, 1.165) is 23.9 Å². The molecule has 0 atom stereocenters. The van der Waals surface area contributed by atoms with Crippen LogP contribution in [0.1, 0.15) is 5.56 Å². The molecule has 1 fully saturated rings. The normalized spacial score (nSPS) is 15.5. The summed E-state index contributed by atoms with van der Waals surface area (Å²) in [5.74, 6) is -0.613. The third-order valence-electron chi connectivity index (χ3n) is 4.81. The number of benzene rings is 2. The highest BCUT2D eigenvalue weighted by atomic mass is 32.2. The van der Waals surface area contributed by atoms with E-state index in [1.54, 1.807) is 18.2 Å². The molecule has 2 aromatic rings. The molecule has 13 heteroatoms. The van der Waals surface area contributed by atoms with Crippen LogP contribution in [0.4, 0.5) is 18.9 Å². The SMILES string of the molecule is O=C(CSc1ccc(C(F)(F)F)cc1[N+](=O)[O-])N1CCN(S(=O)(=O)c2ccccc2)CC1. The molecule has 1 aliphatic rings. The van der Waals surface area contributed by atoms with Gasteiger partial charge in [-0.3, -0.25) is 14.9 Å². The van der Waals surface area contributed by atoms with Gasteiger partial charge in [0, 0.05) is 32.2 Å². The number of hydrogen-bond donors (Lipinski definition) is 0. The van der Waals surface area contributed by atoms with Crippen LogP contribution in [0.25, 0.3) is 0 Å². The summed E-state index contributed by atoms with van der Waals surface area (Å²) in [6.07, 6.45) is -4.72. The van der Waals surface area contributed by atoms with Crippen molar-refractivity contribution in [2.75, 3.05) is 31.9 Å². The first kappa shape index (κ1) is 24.0. The number of piperazine rings is 1. The number of alkyl halides is 3. The van der Waals surface area contributed by atoms with Crippen LogP contribution in [-0.4, -0.2) is 60.4 Å². The Morgan fingerprint density at radius 3 is 2.25 bits per heavy atom. The van der Waals surface area contributed by atoms with Crippen LogP contribution in [0.15, 0.2) is 58.3 Å². The number of carbonyl (C=O) groups is 1. The highest BCUT2D eigenvalue weighted by Crippen LogP contribution is 2.36. The summed E-state index contributed by atoms with van der Waals surface area (Å²) in [5.41, 5.74) is -1.87. The molecule has 1 saturated heterocycles. The molecule has 172 valence electrons. The van der Waals surface area contributed by atoms with E-state index in [-0.39, 0.29) is 47.6 Å². The van der Waals surface area contributed by atoms with Gasteiger partial charge < -0.3 is 4.90 Å². The van der Waals surface area contributed by atoms with E-state index < -0.39 is 32.4 Å². The third kappa shape index (κ3) is 5.40. The van der Waals surface area contributed by atoms with E-state index in [4.69, 9.17) is 0 Å². The minimum atomic E-state index is -4.72. The summed E-state index contributed by atoms with van der Waals surface area (Å²) in [6, 6.07) is 10.1. The summed E-state index contributed by atoms with van der Waals surface area (Å²) < 4.78 is 65.0. The molecular weight excluding hydrogens is 471 g/mol. The Kier molecular flexibility index (Phi) is 7.10. The molecule has 1 heterocycles. The second-order valence-corrected chi connectivity index (χ2v) is 9.78. The first-order valence-corrected chi connectivity index (χ1v) is 11.7. The van der Waals surface area contributed by atoms with Gasteiger partial charge in [0.2, 0.25) is 15.9 Å². The summed E-state index contributed by atoms with van der Waals surface area (Å²) in [7, 11) is -3.67. The van der Waals surface area contributed by atoms with Crippen molar-refractivity contribution in [3.63, 3.8) is 0 Å². The van der Waals surface area contributed by atoms with E-state index in [9.17, 15) is 36.5 Å². The quantitative estimate of drug-likeness (QED) is 0.351. The molecule has 3 rings (SSSR count). The monoisotopic (exact) mass is 489 g/mol. The van der Waals surface area contributed by atoms with Crippen molar-refractivity contribution >= 4 is 33.4 Å². The molecule has 1 amide bonds. The Balaban J connectivity index is 1.61. The van der Waals surface area contributed by atoms with Crippen molar-refractivity contribution in [1.29, 1.82) is 0 Å². The number of rotatable bonds is 6. The van der Waals surface area contributed by atoms with E-state index in [1.165, 1.54) is 21.3 Å². The Labute approximate surface area is 186 Å². The zero-order valence-electron chi connectivity index (χ0n) is 16.5. The van der Waals surface area contributed by atoms with Crippen LogP contribution < -0.4 is 0 Å². The molecule has 0 unspecified atom stereocenters. The molecule has 0 aliphatic carbocycles. The van der Waals surface area contributed by atoms with Gasteiger partial charge >= 0.3 is 6.18 Å². The number of hydrogen-bond acceptors (Lipinski definition) is 6. The van der Waals surface area contributed by atoms with Gasteiger partial charge in [-0.05, 0) is 24.3 Å². The molecule has 0 spiro atoms. The Morgan fingerprint density at radius 1 is 1.06 bits per heavy atom. The molecule has 0 N–H and O–H groups in total. The first-order chi connectivity index (χ1) is 15.0. The minimum Gasteiger partial charge on any atom is -0.339 e. The number of thioether (sulfide) groups is 1. The number of nitro groups is 1. The van der Waals surface area contributed by atoms with E-state index >= 15 is 0 Å². The topological polar surface area (TPSA) is 101 Å². The number of halogens is 3. The van der Waals surface area contributed by atoms with E-state index in [2.05, 4.69) is 0 Å². The Bertz CT molecular complexity index is 1100. The van der Waals surface area contributed by atoms with E-state index in [1.807, 2.05) is 0 Å². The van der Waals surface area contributed by atoms with Crippen molar-refractivity contribution in [3.8, 4) is 0 Å². The van der Waals surface area contributed by atoms with Gasteiger partial charge in [0.25, 0.3) is 5.69 Å². The number of nitro benzene ring substituents is 1. The smallest absolute Gasteiger partial charge is 0.339 e. The third-order valence-corrected chi connectivity index (χ3v) is 7.77. The lowest BCUT2D eigenvalue weighted by Crippen LogP contribution is -2.50. The number of carbonyl (C=O) groups excluding carboxylic acids is 1. The fourth-order valence-corrected chi connectivity index (χ4v) is 5.46. The largest absolute Gasteiger partial charge is 0.416 e. The molecule has 0 aromatic heterocycles. The van der Waals surface area contributed by atoms with Gasteiger partial charge in [-0.25, -0.2) is 8.42 Å². The molecule has 2 aromatic carbocycles. The maximum atomic E-state index is 12.8. The van der Waals surface area contributed by atoms with Crippen molar-refractivity contribution in [1.82, 2.24) is 9.21 Å². The predicted molar refractivity (Wildman–Crippen MR) is 111 cm³/mol. The van der Waals surface area contributed by atoms with Gasteiger partial charge in [0.1, 0.15) is 0 Å². The van der Waals surface area contributed by atoms with Gasteiger partial charge in [-0.1, -0.05) is 18.2 Å². The zero-order chi connectivity index (χ0) is 23.5. The maximum Gasteiger partial charge on any atom is 0.416 e. The molecule has 0 bridgehead atoms. The fourth-order valence-electron chi connectivity index (χ4n) is 3.11. The van der Waals surface area contributed by atoms with Crippen LogP contribution in [0.2, 0.25) is 0 Å². The average Bonchev–Trinajstić information content (AvgIpc) is 2.77. The summed E-state index contributed by atoms with van der Waals surface area (Å²) in [4.78, 5) is 24.3. The van der Waals surface area contributed by atoms with Gasteiger partial charge in [0.05, 0.1) is 26.0 Å². The van der Waals surface area contributed by atoms with Crippen LogP contribution in [0.5, 0.6) is 0 Å². The molecule has 32 heavy (non-hydrogen) atoms. The van der Waals surface area contributed by atoms with Gasteiger partial charge in [-0.15, -0.1) is 11.8 Å². The number of sulfonamides is 1. The summed E-state index contributed by atoms with van der Waals surface area (Å²) in [6.45, 7) is 0.462. The lowest BCUT2D eigenvalue weighted by atomic mass is 10.2. The van der Waals surface area contributed by atoms with Crippen molar-refractivity contribution in [3.05, 3.63) is 64.2 Å². The number of nitrogens with zero attached hydrogens (tertiary/aromatic N) is 3. The maximum absolute atomic E-state index is 12.8. The molecular formula is C19H18F3N3O5S2. The molecule has 1 aliphatic heterocycles. The highest BCUT2D eigenvalue weighted by Gasteiger charge is 2.34. The first-order valence-electron chi connectivity index (χ1n) is 9.31. The van der Waals surface area contributed by atoms with Gasteiger partial charge in [0.15, 0.2) is 0 Å². The van der Waals surface area contributed by atoms with Crippen molar-refractivity contribution in [2.24, 2.45) is 0 Å².